The average Bonchev–Trinajstić information content (AvgIpc) is 2.75. The van der Waals surface area contributed by atoms with Gasteiger partial charge in [0.2, 0.25) is 0 Å². The maximum absolute atomic E-state index is 12.2. The lowest BCUT2D eigenvalue weighted by Gasteiger charge is -2.10. The van der Waals surface area contributed by atoms with Gasteiger partial charge in [-0.25, -0.2) is 4.79 Å². The highest BCUT2D eigenvalue weighted by atomic mass is 16.4. The summed E-state index contributed by atoms with van der Waals surface area (Å²) >= 11 is 0. The van der Waals surface area contributed by atoms with Crippen molar-refractivity contribution in [3.63, 3.8) is 0 Å². The lowest BCUT2D eigenvalue weighted by molar-refractivity contribution is 0.0690. The lowest BCUT2D eigenvalue weighted by atomic mass is 9.99. The predicted octanol–water partition coefficient (Wildman–Crippen LogP) is 2.29. The highest BCUT2D eigenvalue weighted by molar-refractivity contribution is 6.06. The van der Waals surface area contributed by atoms with E-state index in [-0.39, 0.29) is 17.4 Å². The van der Waals surface area contributed by atoms with Gasteiger partial charge in [0.15, 0.2) is 5.82 Å². The normalized spacial score (nSPS) is 10.3. The topological polar surface area (TPSA) is 95.1 Å². The zero-order chi connectivity index (χ0) is 14.9. The first kappa shape index (κ1) is 13.8. The number of amides is 1. The number of aromatic amines is 1. The van der Waals surface area contributed by atoms with Crippen LogP contribution in [0.15, 0.2) is 18.2 Å². The molecular formula is C14H15N3O3. The van der Waals surface area contributed by atoms with Gasteiger partial charge in [0.05, 0.1) is 0 Å². The number of aromatic nitrogens is 2. The summed E-state index contributed by atoms with van der Waals surface area (Å²) in [5.41, 5.74) is 3.33. The number of carbonyl (C=O) groups excluding carboxylic acids is 1. The first-order valence-corrected chi connectivity index (χ1v) is 6.06. The first-order chi connectivity index (χ1) is 9.38. The number of anilines is 1. The molecule has 0 atom stereocenters. The highest BCUT2D eigenvalue weighted by Crippen LogP contribution is 2.18. The third kappa shape index (κ3) is 2.69. The summed E-state index contributed by atoms with van der Waals surface area (Å²) in [5.74, 6) is -1.24. The van der Waals surface area contributed by atoms with Gasteiger partial charge >= 0.3 is 5.97 Å². The molecule has 1 amide bonds. The molecule has 0 radical (unpaired) electrons. The van der Waals surface area contributed by atoms with Gasteiger partial charge in [-0.2, -0.15) is 5.10 Å². The number of carbonyl (C=O) groups is 2. The fourth-order valence-corrected chi connectivity index (χ4v) is 2.21. The molecule has 2 aromatic rings. The number of H-pyrrole nitrogens is 1. The van der Waals surface area contributed by atoms with E-state index in [2.05, 4.69) is 15.5 Å². The number of nitrogens with one attached hydrogen (secondary N) is 2. The monoisotopic (exact) mass is 273 g/mol. The van der Waals surface area contributed by atoms with Crippen LogP contribution in [0.4, 0.5) is 5.82 Å². The van der Waals surface area contributed by atoms with E-state index in [0.29, 0.717) is 5.56 Å². The minimum Gasteiger partial charge on any atom is -0.477 e. The van der Waals surface area contributed by atoms with Crippen LogP contribution in [0.2, 0.25) is 0 Å². The van der Waals surface area contributed by atoms with Gasteiger partial charge in [0.25, 0.3) is 5.91 Å². The minimum atomic E-state index is -1.12. The Labute approximate surface area is 115 Å². The van der Waals surface area contributed by atoms with Crippen LogP contribution in [0.5, 0.6) is 0 Å². The van der Waals surface area contributed by atoms with Crippen LogP contribution in [0.1, 0.15) is 37.5 Å². The molecule has 1 aromatic heterocycles. The van der Waals surface area contributed by atoms with Gasteiger partial charge in [-0.05, 0) is 31.9 Å². The van der Waals surface area contributed by atoms with E-state index >= 15 is 0 Å². The van der Waals surface area contributed by atoms with E-state index in [9.17, 15) is 9.59 Å². The Balaban J connectivity index is 2.26. The summed E-state index contributed by atoms with van der Waals surface area (Å²) in [6, 6.07) is 5.13. The number of benzene rings is 1. The molecule has 0 bridgehead atoms. The molecular weight excluding hydrogens is 258 g/mol. The molecule has 1 aromatic carbocycles. The minimum absolute atomic E-state index is 0.0716. The van der Waals surface area contributed by atoms with E-state index in [0.717, 1.165) is 16.7 Å². The first-order valence-electron chi connectivity index (χ1n) is 6.06. The summed E-state index contributed by atoms with van der Waals surface area (Å²) in [6.45, 7) is 5.69. The summed E-state index contributed by atoms with van der Waals surface area (Å²) in [6.07, 6.45) is 0. The van der Waals surface area contributed by atoms with Crippen molar-refractivity contribution in [1.29, 1.82) is 0 Å². The Kier molecular flexibility index (Phi) is 3.56. The molecule has 6 heteroatoms. The van der Waals surface area contributed by atoms with E-state index in [1.165, 1.54) is 6.07 Å². The maximum atomic E-state index is 12.2. The van der Waals surface area contributed by atoms with Crippen LogP contribution < -0.4 is 5.32 Å². The third-order valence-electron chi connectivity index (χ3n) is 2.95. The second-order valence-electron chi connectivity index (χ2n) is 4.70. The van der Waals surface area contributed by atoms with Crippen LogP contribution in [0.25, 0.3) is 0 Å². The number of aryl methyl sites for hydroxylation is 3. The highest BCUT2D eigenvalue weighted by Gasteiger charge is 2.15. The molecule has 0 aliphatic carbocycles. The maximum Gasteiger partial charge on any atom is 0.353 e. The van der Waals surface area contributed by atoms with Gasteiger partial charge in [-0.3, -0.25) is 9.89 Å². The van der Waals surface area contributed by atoms with Crippen LogP contribution in [0.3, 0.4) is 0 Å². The third-order valence-corrected chi connectivity index (χ3v) is 2.95. The molecule has 0 aliphatic rings. The number of carboxylic acids is 1. The Hall–Kier alpha value is -2.63. The van der Waals surface area contributed by atoms with E-state index in [1.807, 2.05) is 32.9 Å². The van der Waals surface area contributed by atoms with E-state index in [1.54, 1.807) is 0 Å². The molecule has 3 N–H and O–H groups in total. The van der Waals surface area contributed by atoms with Gasteiger partial charge in [-0.1, -0.05) is 17.7 Å². The molecule has 0 aliphatic heterocycles. The average molecular weight is 273 g/mol. The number of carboxylic acid groups (broad SMARTS) is 1. The van der Waals surface area contributed by atoms with Gasteiger partial charge < -0.3 is 10.4 Å². The Morgan fingerprint density at radius 3 is 2.25 bits per heavy atom. The van der Waals surface area contributed by atoms with Gasteiger partial charge in [0, 0.05) is 11.6 Å². The SMILES string of the molecule is Cc1cc(C)c(C(=O)Nc2cc(C(=O)O)[nH]n2)c(C)c1. The van der Waals surface area contributed by atoms with Crippen molar-refractivity contribution in [2.24, 2.45) is 0 Å². The van der Waals surface area contributed by atoms with Crippen LogP contribution in [-0.4, -0.2) is 27.2 Å². The molecule has 0 unspecified atom stereocenters. The summed E-state index contributed by atoms with van der Waals surface area (Å²) in [7, 11) is 0. The molecule has 104 valence electrons. The molecule has 0 saturated carbocycles. The standard InChI is InChI=1S/C14H15N3O3/c1-7-4-8(2)12(9(3)5-7)13(18)15-11-6-10(14(19)20)16-17-11/h4-6H,1-3H3,(H,19,20)(H2,15,16,17,18). The number of nitrogens with zero attached hydrogens (tertiary/aromatic N) is 1. The lowest BCUT2D eigenvalue weighted by Crippen LogP contribution is -2.15. The predicted molar refractivity (Wildman–Crippen MR) is 74.2 cm³/mol. The zero-order valence-electron chi connectivity index (χ0n) is 11.4. The molecule has 6 nitrogen and oxygen atoms in total. The quantitative estimate of drug-likeness (QED) is 0.799. The summed E-state index contributed by atoms with van der Waals surface area (Å²) < 4.78 is 0. The molecule has 20 heavy (non-hydrogen) atoms. The van der Waals surface area contributed by atoms with Crippen molar-refractivity contribution in [3.05, 3.63) is 46.1 Å². The van der Waals surface area contributed by atoms with Gasteiger partial charge in [-0.15, -0.1) is 0 Å². The molecule has 0 saturated heterocycles. The molecule has 0 fully saturated rings. The van der Waals surface area contributed by atoms with Crippen molar-refractivity contribution in [3.8, 4) is 0 Å². The number of hydrogen-bond donors (Lipinski definition) is 3. The van der Waals surface area contributed by atoms with Crippen molar-refractivity contribution in [2.45, 2.75) is 20.8 Å². The Morgan fingerprint density at radius 1 is 1.15 bits per heavy atom. The number of hydrogen-bond acceptors (Lipinski definition) is 3. The number of aromatic carboxylic acids is 1. The smallest absolute Gasteiger partial charge is 0.353 e. The second-order valence-corrected chi connectivity index (χ2v) is 4.70. The van der Waals surface area contributed by atoms with Crippen molar-refractivity contribution >= 4 is 17.7 Å². The van der Waals surface area contributed by atoms with Crippen LogP contribution in [0, 0.1) is 20.8 Å². The van der Waals surface area contributed by atoms with Gasteiger partial charge in [0.1, 0.15) is 5.69 Å². The zero-order valence-corrected chi connectivity index (χ0v) is 11.4. The molecule has 1 heterocycles. The number of rotatable bonds is 3. The Bertz CT molecular complexity index is 666. The Morgan fingerprint density at radius 2 is 1.75 bits per heavy atom. The second kappa shape index (κ2) is 5.16. The fraction of sp³-hybridized carbons (Fsp3) is 0.214. The molecule has 2 rings (SSSR count). The van der Waals surface area contributed by atoms with Crippen molar-refractivity contribution in [1.82, 2.24) is 10.2 Å². The largest absolute Gasteiger partial charge is 0.477 e. The molecule has 0 spiro atoms. The van der Waals surface area contributed by atoms with E-state index < -0.39 is 5.97 Å². The van der Waals surface area contributed by atoms with Crippen LogP contribution in [-0.2, 0) is 0 Å². The van der Waals surface area contributed by atoms with Crippen LogP contribution >= 0.6 is 0 Å². The fourth-order valence-electron chi connectivity index (χ4n) is 2.21. The summed E-state index contributed by atoms with van der Waals surface area (Å²) in [5, 5.41) is 17.5. The van der Waals surface area contributed by atoms with Crippen molar-refractivity contribution < 1.29 is 14.7 Å². The van der Waals surface area contributed by atoms with Crippen molar-refractivity contribution in [2.75, 3.05) is 5.32 Å². The van der Waals surface area contributed by atoms with E-state index in [4.69, 9.17) is 5.11 Å². The summed E-state index contributed by atoms with van der Waals surface area (Å²) in [4.78, 5) is 23.0.